The molecule has 5 rings (SSSR count). The molecule has 17 nitrogen and oxygen atoms in total. The number of oxime groups is 1. The largest absolute Gasteiger partial charge is 0.485 e. The van der Waals surface area contributed by atoms with Crippen LogP contribution in [0, 0.1) is 5.92 Å². The van der Waals surface area contributed by atoms with E-state index in [-0.39, 0.29) is 17.2 Å². The van der Waals surface area contributed by atoms with Crippen LogP contribution in [-0.2, 0) is 46.9 Å². The molecule has 0 unspecified atom stereocenters. The van der Waals surface area contributed by atoms with E-state index in [2.05, 4.69) is 25.1 Å². The lowest BCUT2D eigenvalue weighted by atomic mass is 9.84. The lowest BCUT2D eigenvalue weighted by Gasteiger charge is -2.50. The first-order valence-electron chi connectivity index (χ1n) is 15.8. The van der Waals surface area contributed by atoms with Crippen molar-refractivity contribution in [1.82, 2.24) is 20.7 Å². The Labute approximate surface area is 287 Å². The van der Waals surface area contributed by atoms with E-state index in [1.165, 1.54) is 26.2 Å². The second kappa shape index (κ2) is 14.2. The van der Waals surface area contributed by atoms with E-state index in [9.17, 15) is 27.9 Å². The van der Waals surface area contributed by atoms with Crippen LogP contribution in [0.25, 0.3) is 0 Å². The highest BCUT2D eigenvalue weighted by atomic mass is 32.3. The van der Waals surface area contributed by atoms with E-state index in [1.807, 2.05) is 12.1 Å². The van der Waals surface area contributed by atoms with Gasteiger partial charge in [-0.3, -0.25) is 14.1 Å². The van der Waals surface area contributed by atoms with Gasteiger partial charge < -0.3 is 36.8 Å². The number of rotatable bonds is 13. The molecule has 1 aromatic carbocycles. The molecule has 1 aliphatic carbocycles. The maximum Gasteiger partial charge on any atom is 0.418 e. The summed E-state index contributed by atoms with van der Waals surface area (Å²) in [5.74, 6) is -2.26. The molecule has 3 atom stereocenters. The van der Waals surface area contributed by atoms with Gasteiger partial charge in [0.15, 0.2) is 16.9 Å². The molecule has 2 amide bonds. The van der Waals surface area contributed by atoms with Gasteiger partial charge in [-0.05, 0) is 89.0 Å². The number of aromatic nitrogens is 1. The third-order valence-corrected chi connectivity index (χ3v) is 10.2. The Bertz CT molecular complexity index is 1720. The quantitative estimate of drug-likeness (QED) is 0.0733. The molecule has 0 radical (unpaired) electrons. The Morgan fingerprint density at radius 3 is 2.57 bits per heavy atom. The van der Waals surface area contributed by atoms with E-state index >= 15 is 0 Å². The second-order valence-corrected chi connectivity index (χ2v) is 15.1. The fraction of sp³-hybridized carbons (Fsp3) is 0.567. The number of hydrogen-bond donors (Lipinski definition) is 6. The summed E-state index contributed by atoms with van der Waals surface area (Å²) in [6.45, 7) is 5.64. The number of nitrogens with two attached hydrogens (primary N) is 2. The highest BCUT2D eigenvalue weighted by Crippen LogP contribution is 2.35. The van der Waals surface area contributed by atoms with Crippen molar-refractivity contribution in [2.45, 2.75) is 95.2 Å². The number of thiazole rings is 1. The van der Waals surface area contributed by atoms with Crippen LogP contribution < -0.4 is 26.8 Å². The van der Waals surface area contributed by atoms with Crippen molar-refractivity contribution in [3.05, 3.63) is 40.4 Å². The van der Waals surface area contributed by atoms with E-state index in [4.69, 9.17) is 25.6 Å². The first-order chi connectivity index (χ1) is 23.0. The maximum absolute atomic E-state index is 13.5. The molecule has 8 N–H and O–H groups in total. The van der Waals surface area contributed by atoms with Crippen LogP contribution in [0.3, 0.4) is 0 Å². The van der Waals surface area contributed by atoms with Crippen LogP contribution >= 0.6 is 11.3 Å². The topological polar surface area (TPSA) is 258 Å². The number of β-lactam (4-membered cyclic amide) rings is 1. The number of hydrogen-bond acceptors (Lipinski definition) is 14. The molecule has 3 aliphatic rings. The molecule has 0 spiro atoms. The lowest BCUT2D eigenvalue weighted by molar-refractivity contribution is -0.218. The second-order valence-electron chi connectivity index (χ2n) is 13.2. The zero-order valence-corrected chi connectivity index (χ0v) is 28.9. The van der Waals surface area contributed by atoms with Gasteiger partial charge in [0, 0.05) is 18.0 Å². The predicted octanol–water partition coefficient (Wildman–Crippen LogP) is 1.13. The van der Waals surface area contributed by atoms with Gasteiger partial charge in [0.05, 0.1) is 5.54 Å². The number of carbonyl (C=O) groups is 3. The minimum Gasteiger partial charge on any atom is -0.485 e. The van der Waals surface area contributed by atoms with Crippen LogP contribution in [0.15, 0.2) is 28.7 Å². The molecule has 2 aromatic rings. The van der Waals surface area contributed by atoms with Gasteiger partial charge in [0.25, 0.3) is 17.4 Å². The molecule has 19 heteroatoms. The minimum atomic E-state index is -5.02. The molecular formula is C30H41N7O10S2. The lowest BCUT2D eigenvalue weighted by Crippen LogP contribution is -2.76. The summed E-state index contributed by atoms with van der Waals surface area (Å²) in [7, 11) is -5.02. The third kappa shape index (κ3) is 8.13. The maximum atomic E-state index is 13.5. The number of fused-ring (bicyclic) bond motifs is 1. The van der Waals surface area contributed by atoms with Crippen molar-refractivity contribution in [2.75, 3.05) is 12.3 Å². The number of benzene rings is 1. The molecule has 1 saturated heterocycles. The minimum absolute atomic E-state index is 0.0635. The number of anilines is 1. The van der Waals surface area contributed by atoms with E-state index in [1.54, 1.807) is 6.07 Å². The summed E-state index contributed by atoms with van der Waals surface area (Å²) in [5, 5.41) is 22.0. The molecule has 268 valence electrons. The van der Waals surface area contributed by atoms with Gasteiger partial charge in [-0.2, -0.15) is 13.5 Å². The van der Waals surface area contributed by atoms with Crippen LogP contribution in [0.5, 0.6) is 5.75 Å². The van der Waals surface area contributed by atoms with Crippen molar-refractivity contribution in [1.29, 1.82) is 0 Å². The monoisotopic (exact) mass is 723 g/mol. The van der Waals surface area contributed by atoms with Gasteiger partial charge >= 0.3 is 16.4 Å². The number of aliphatic carboxylic acids is 1. The predicted molar refractivity (Wildman–Crippen MR) is 176 cm³/mol. The summed E-state index contributed by atoms with van der Waals surface area (Å²) < 4.78 is 41.8. The molecule has 3 heterocycles. The van der Waals surface area contributed by atoms with E-state index in [0.29, 0.717) is 35.7 Å². The van der Waals surface area contributed by atoms with Crippen molar-refractivity contribution < 1.29 is 46.3 Å². The molecule has 0 bridgehead atoms. The summed E-state index contributed by atoms with van der Waals surface area (Å²) in [5.41, 5.74) is 9.73. The van der Waals surface area contributed by atoms with E-state index in [0.717, 1.165) is 54.7 Å². The summed E-state index contributed by atoms with van der Waals surface area (Å²) in [6.07, 6.45) is 4.12. The van der Waals surface area contributed by atoms with Crippen LogP contribution in [0.1, 0.15) is 69.7 Å². The van der Waals surface area contributed by atoms with E-state index < -0.39 is 57.2 Å². The Hall–Kier alpha value is -3.88. The summed E-state index contributed by atoms with van der Waals surface area (Å²) in [4.78, 5) is 48.4. The Morgan fingerprint density at radius 1 is 1.24 bits per heavy atom. The van der Waals surface area contributed by atoms with Gasteiger partial charge in [-0.25, -0.2) is 9.78 Å². The number of nitrogens with one attached hydrogen (secondary N) is 2. The van der Waals surface area contributed by atoms with Crippen molar-refractivity contribution in [2.24, 2.45) is 16.8 Å². The number of nitrogen functional groups attached to an aromatic ring is 1. The van der Waals surface area contributed by atoms with Crippen molar-refractivity contribution in [3.63, 3.8) is 0 Å². The van der Waals surface area contributed by atoms with Gasteiger partial charge in [-0.15, -0.1) is 15.6 Å². The molecule has 2 aliphatic heterocycles. The molecule has 49 heavy (non-hydrogen) atoms. The average Bonchev–Trinajstić information content (AvgIpc) is 3.47. The highest BCUT2D eigenvalue weighted by molar-refractivity contribution is 7.80. The number of amides is 2. The van der Waals surface area contributed by atoms with Crippen LogP contribution in [0.4, 0.5) is 5.13 Å². The first-order valence-corrected chi connectivity index (χ1v) is 18.0. The Morgan fingerprint density at radius 2 is 1.96 bits per heavy atom. The molecule has 2 fully saturated rings. The Balaban J connectivity index is 1.28. The molecular weight excluding hydrogens is 683 g/mol. The van der Waals surface area contributed by atoms with Crippen molar-refractivity contribution in [3.8, 4) is 5.75 Å². The summed E-state index contributed by atoms with van der Waals surface area (Å²) >= 11 is 0.979. The Kier molecular flexibility index (Phi) is 10.5. The first kappa shape index (κ1) is 36.4. The zero-order chi connectivity index (χ0) is 35.7. The fourth-order valence-electron chi connectivity index (χ4n) is 6.15. The van der Waals surface area contributed by atoms with Gasteiger partial charge in [-0.1, -0.05) is 17.3 Å². The highest BCUT2D eigenvalue weighted by Gasteiger charge is 2.58. The normalized spacial score (nSPS) is 25.0. The zero-order valence-electron chi connectivity index (χ0n) is 27.2. The van der Waals surface area contributed by atoms with Gasteiger partial charge in [0.1, 0.15) is 17.5 Å². The van der Waals surface area contributed by atoms with Crippen molar-refractivity contribution >= 4 is 50.4 Å². The average molecular weight is 724 g/mol. The number of carboxylic acid groups (broad SMARTS) is 1. The number of nitrogens with zero attached hydrogens (tertiary/aromatic N) is 3. The molecule has 1 aromatic heterocycles. The van der Waals surface area contributed by atoms with Crippen LogP contribution in [-0.4, -0.2) is 87.5 Å². The van der Waals surface area contributed by atoms with Crippen LogP contribution in [0.2, 0.25) is 0 Å². The number of carbonyl (C=O) groups excluding carboxylic acids is 2. The van der Waals surface area contributed by atoms with Gasteiger partial charge in [0.2, 0.25) is 0 Å². The molecule has 1 saturated carbocycles. The smallest absolute Gasteiger partial charge is 0.418 e. The number of carboxylic acids is 1. The number of hydroxylamine groups is 2. The third-order valence-electron chi connectivity index (χ3n) is 9.19. The number of ether oxygens (including phenoxy) is 1. The SMILES string of the molecule is CC1(C)[C@H](NC(=O)/C(=N\O[C@](C)(C(=O)O)[C@H]2CCc3cc(CNCC4CCC(N)CC4)ccc3O2)c2csc(N)n2)C(=O)N1OS(=O)(=O)O. The standard InChI is InChI=1S/C30H41N7O10S2/c1-29(2)24(26(39)37(29)47-49(42,43)44)35-25(38)23(20-15-48-28(32)34-20)36-46-30(3,27(40)41)22-11-7-18-12-17(6-10-21(18)45-22)14-33-13-16-4-8-19(31)9-5-16/h6,10,12,15-16,19,22,24,33H,4-5,7-9,11,13-14,31H2,1-3H3,(H2,32,34)(H,35,38)(H,40,41)(H,42,43,44)/b36-23-/t16?,19?,22-,24-,30+/m1/s1. The fourth-order valence-corrected chi connectivity index (χ4v) is 7.15. The summed E-state index contributed by atoms with van der Waals surface area (Å²) in [6, 6.07) is 4.74. The number of aryl methyl sites for hydroxylation is 1.